The summed E-state index contributed by atoms with van der Waals surface area (Å²) in [6.45, 7) is 3.29. The van der Waals surface area contributed by atoms with E-state index in [4.69, 9.17) is 5.73 Å². The van der Waals surface area contributed by atoms with Crippen LogP contribution in [0, 0.1) is 0 Å². The van der Waals surface area contributed by atoms with Gasteiger partial charge < -0.3 is 11.1 Å². The van der Waals surface area contributed by atoms with Crippen LogP contribution in [0.15, 0.2) is 0 Å². The molecule has 0 radical (unpaired) electrons. The molecule has 0 bridgehead atoms. The van der Waals surface area contributed by atoms with Gasteiger partial charge in [-0.2, -0.15) is 0 Å². The average molecular weight is 187 g/mol. The van der Waals surface area contributed by atoms with Gasteiger partial charge in [-0.15, -0.1) is 24.8 Å². The van der Waals surface area contributed by atoms with Crippen molar-refractivity contribution in [2.24, 2.45) is 5.73 Å². The maximum atomic E-state index is 5.72. The number of nitrogens with two attached hydrogens (primary N) is 1. The minimum Gasteiger partial charge on any atom is -0.326 e. The zero-order chi connectivity index (χ0) is 5.98. The number of halogens is 2. The molecule has 0 aromatic heterocycles. The highest BCUT2D eigenvalue weighted by Crippen LogP contribution is 2.03. The SMILES string of the molecule is C[C@@H]1NCCC[C@@H]1N.Cl.Cl. The molecule has 1 saturated heterocycles. The largest absolute Gasteiger partial charge is 0.326 e. The molecule has 0 unspecified atom stereocenters. The molecule has 1 rings (SSSR count). The van der Waals surface area contributed by atoms with Crippen molar-refractivity contribution in [1.82, 2.24) is 5.32 Å². The molecule has 0 saturated carbocycles. The molecule has 2 nitrogen and oxygen atoms in total. The highest BCUT2D eigenvalue weighted by Gasteiger charge is 2.15. The minimum atomic E-state index is 0. The van der Waals surface area contributed by atoms with Crippen molar-refractivity contribution in [3.05, 3.63) is 0 Å². The van der Waals surface area contributed by atoms with E-state index in [1.54, 1.807) is 0 Å². The molecule has 0 aliphatic carbocycles. The second kappa shape index (κ2) is 6.23. The van der Waals surface area contributed by atoms with Crippen LogP contribution in [0.25, 0.3) is 0 Å². The quantitative estimate of drug-likeness (QED) is 0.592. The zero-order valence-corrected chi connectivity index (χ0v) is 7.80. The summed E-state index contributed by atoms with van der Waals surface area (Å²) in [5.41, 5.74) is 5.72. The van der Waals surface area contributed by atoms with E-state index in [2.05, 4.69) is 12.2 Å². The molecule has 1 aliphatic rings. The lowest BCUT2D eigenvalue weighted by Gasteiger charge is -2.26. The predicted octanol–water partition coefficient (Wildman–Crippen LogP) is 0.929. The molecule has 4 heteroatoms. The van der Waals surface area contributed by atoms with Crippen molar-refractivity contribution in [3.63, 3.8) is 0 Å². The smallest absolute Gasteiger partial charge is 0.0192 e. The Morgan fingerprint density at radius 2 is 2.00 bits per heavy atom. The van der Waals surface area contributed by atoms with E-state index in [9.17, 15) is 0 Å². The van der Waals surface area contributed by atoms with Crippen LogP contribution in [-0.2, 0) is 0 Å². The minimum absolute atomic E-state index is 0. The Labute approximate surface area is 74.8 Å². The first-order valence-electron chi connectivity index (χ1n) is 3.29. The van der Waals surface area contributed by atoms with Crippen molar-refractivity contribution < 1.29 is 0 Å². The first kappa shape index (κ1) is 13.1. The Morgan fingerprint density at radius 1 is 1.40 bits per heavy atom. The van der Waals surface area contributed by atoms with Crippen LogP contribution in [0.2, 0.25) is 0 Å². The normalized spacial score (nSPS) is 31.8. The number of hydrogen-bond donors (Lipinski definition) is 2. The van der Waals surface area contributed by atoms with Gasteiger partial charge in [0, 0.05) is 12.1 Å². The molecular formula is C6H16Cl2N2. The third-order valence-corrected chi connectivity index (χ3v) is 1.82. The fourth-order valence-corrected chi connectivity index (χ4v) is 1.07. The molecular weight excluding hydrogens is 171 g/mol. The molecule has 0 aromatic carbocycles. The van der Waals surface area contributed by atoms with Crippen molar-refractivity contribution in [1.29, 1.82) is 0 Å². The third-order valence-electron chi connectivity index (χ3n) is 1.82. The van der Waals surface area contributed by atoms with Gasteiger partial charge in [0.2, 0.25) is 0 Å². The molecule has 1 fully saturated rings. The highest BCUT2D eigenvalue weighted by atomic mass is 35.5. The van der Waals surface area contributed by atoms with Crippen LogP contribution < -0.4 is 11.1 Å². The van der Waals surface area contributed by atoms with Gasteiger partial charge >= 0.3 is 0 Å². The van der Waals surface area contributed by atoms with Gasteiger partial charge in [-0.3, -0.25) is 0 Å². The van der Waals surface area contributed by atoms with E-state index in [-0.39, 0.29) is 24.8 Å². The second-order valence-electron chi connectivity index (χ2n) is 2.55. The number of rotatable bonds is 0. The van der Waals surface area contributed by atoms with Gasteiger partial charge in [0.25, 0.3) is 0 Å². The molecule has 3 N–H and O–H groups in total. The molecule has 10 heavy (non-hydrogen) atoms. The summed E-state index contributed by atoms with van der Waals surface area (Å²) in [4.78, 5) is 0. The number of nitrogens with one attached hydrogen (secondary N) is 1. The first-order chi connectivity index (χ1) is 3.80. The lowest BCUT2D eigenvalue weighted by molar-refractivity contribution is 0.371. The average Bonchev–Trinajstić information content (AvgIpc) is 1.77. The van der Waals surface area contributed by atoms with Gasteiger partial charge in [-0.05, 0) is 26.3 Å². The Morgan fingerprint density at radius 3 is 2.30 bits per heavy atom. The van der Waals surface area contributed by atoms with Crippen LogP contribution in [0.4, 0.5) is 0 Å². The Bertz CT molecular complexity index is 70.1. The topological polar surface area (TPSA) is 38.0 Å². The molecule has 1 heterocycles. The van der Waals surface area contributed by atoms with Gasteiger partial charge in [-0.1, -0.05) is 0 Å². The summed E-state index contributed by atoms with van der Waals surface area (Å²) >= 11 is 0. The van der Waals surface area contributed by atoms with E-state index in [1.165, 1.54) is 12.8 Å². The van der Waals surface area contributed by atoms with Crippen molar-refractivity contribution >= 4 is 24.8 Å². The number of hydrogen-bond acceptors (Lipinski definition) is 2. The molecule has 0 spiro atoms. The zero-order valence-electron chi connectivity index (χ0n) is 6.17. The van der Waals surface area contributed by atoms with Gasteiger partial charge in [0.05, 0.1) is 0 Å². The summed E-state index contributed by atoms with van der Waals surface area (Å²) in [6, 6.07) is 0.924. The fourth-order valence-electron chi connectivity index (χ4n) is 1.07. The maximum absolute atomic E-state index is 5.72. The van der Waals surface area contributed by atoms with Crippen LogP contribution in [0.1, 0.15) is 19.8 Å². The van der Waals surface area contributed by atoms with Crippen molar-refractivity contribution in [3.8, 4) is 0 Å². The highest BCUT2D eigenvalue weighted by molar-refractivity contribution is 5.85. The molecule has 0 aromatic rings. The molecule has 64 valence electrons. The summed E-state index contributed by atoms with van der Waals surface area (Å²) in [7, 11) is 0. The second-order valence-corrected chi connectivity index (χ2v) is 2.55. The summed E-state index contributed by atoms with van der Waals surface area (Å²) < 4.78 is 0. The van der Waals surface area contributed by atoms with Crippen molar-refractivity contribution in [2.75, 3.05) is 6.54 Å². The summed E-state index contributed by atoms with van der Waals surface area (Å²) in [5.74, 6) is 0. The predicted molar refractivity (Wildman–Crippen MR) is 49.2 cm³/mol. The molecule has 1 aliphatic heterocycles. The third kappa shape index (κ3) is 3.62. The summed E-state index contributed by atoms with van der Waals surface area (Å²) in [6.07, 6.45) is 2.43. The lowest BCUT2D eigenvalue weighted by atomic mass is 10.0. The molecule has 0 amide bonds. The van der Waals surface area contributed by atoms with Gasteiger partial charge in [-0.25, -0.2) is 0 Å². The Kier molecular flexibility index (Phi) is 8.17. The molecule has 2 atom stereocenters. The maximum Gasteiger partial charge on any atom is 0.0192 e. The standard InChI is InChI=1S/C6H14N2.2ClH/c1-5-6(7)3-2-4-8-5;;/h5-6,8H,2-4,7H2,1H3;2*1H/t5-,6-;;/m0../s1. The van der Waals surface area contributed by atoms with E-state index >= 15 is 0 Å². The van der Waals surface area contributed by atoms with E-state index in [0.717, 1.165) is 6.54 Å². The Balaban J connectivity index is 0. The van der Waals surface area contributed by atoms with Crippen LogP contribution in [-0.4, -0.2) is 18.6 Å². The fraction of sp³-hybridized carbons (Fsp3) is 1.00. The first-order valence-corrected chi connectivity index (χ1v) is 3.29. The van der Waals surface area contributed by atoms with E-state index in [1.807, 2.05) is 0 Å². The van der Waals surface area contributed by atoms with Crippen LogP contribution in [0.5, 0.6) is 0 Å². The lowest BCUT2D eigenvalue weighted by Crippen LogP contribution is -2.47. The van der Waals surface area contributed by atoms with Gasteiger partial charge in [0.1, 0.15) is 0 Å². The van der Waals surface area contributed by atoms with Crippen LogP contribution >= 0.6 is 24.8 Å². The van der Waals surface area contributed by atoms with E-state index in [0.29, 0.717) is 12.1 Å². The van der Waals surface area contributed by atoms with E-state index < -0.39 is 0 Å². The Hall–Kier alpha value is 0.500. The van der Waals surface area contributed by atoms with Crippen molar-refractivity contribution in [2.45, 2.75) is 31.8 Å². The summed E-state index contributed by atoms with van der Waals surface area (Å²) in [5, 5.41) is 3.31. The monoisotopic (exact) mass is 186 g/mol. The van der Waals surface area contributed by atoms with Crippen LogP contribution in [0.3, 0.4) is 0 Å². The number of piperidine rings is 1. The van der Waals surface area contributed by atoms with Gasteiger partial charge in [0.15, 0.2) is 0 Å².